The number of nitrogens with two attached hydrogens (primary N) is 1. The van der Waals surface area contributed by atoms with Gasteiger partial charge in [-0.05, 0) is 29.4 Å². The third-order valence-electron chi connectivity index (χ3n) is 4.53. The van der Waals surface area contributed by atoms with Crippen LogP contribution in [0, 0.1) is 0 Å². The number of nitrogens with zero attached hydrogens (tertiary/aromatic N) is 3. The van der Waals surface area contributed by atoms with Crippen molar-refractivity contribution in [2.45, 2.75) is 51.7 Å². The van der Waals surface area contributed by atoms with E-state index in [4.69, 9.17) is 10.7 Å². The molecule has 0 unspecified atom stereocenters. The second-order valence-corrected chi connectivity index (χ2v) is 8.83. The summed E-state index contributed by atoms with van der Waals surface area (Å²) in [6.07, 6.45) is 6.13. The van der Waals surface area contributed by atoms with Crippen LogP contribution in [0.4, 0.5) is 5.69 Å². The third kappa shape index (κ3) is 5.69. The number of unbranched alkanes of at least 4 members (excludes halogenated alkanes) is 1. The summed E-state index contributed by atoms with van der Waals surface area (Å²) in [5, 5.41) is 1.06. The lowest BCUT2D eigenvalue weighted by Gasteiger charge is -2.08. The standard InChI is InChI=1S/C21H22N4S2.2C2H6/c1-3-4-12-26-21-18(22)17-15(14-8-6-5-7-9-14)13-16(24-20(17)27-21)19-23-10-11-25(19)2;2*1-2/h5-11,13H,3-4,12,22H2,1-2H3;2*1-2H3. The lowest BCUT2D eigenvalue weighted by molar-refractivity contribution is 0.897. The molecule has 4 nitrogen and oxygen atoms in total. The van der Waals surface area contributed by atoms with Crippen LogP contribution in [0.15, 0.2) is 53.0 Å². The normalized spacial score (nSPS) is 10.3. The highest BCUT2D eigenvalue weighted by Crippen LogP contribution is 2.45. The molecule has 0 saturated carbocycles. The molecular formula is C25H34N4S2. The molecule has 0 amide bonds. The highest BCUT2D eigenvalue weighted by atomic mass is 32.2. The zero-order valence-electron chi connectivity index (χ0n) is 19.5. The maximum absolute atomic E-state index is 6.59. The number of aryl methyl sites for hydroxylation is 1. The van der Waals surface area contributed by atoms with Gasteiger partial charge in [0.15, 0.2) is 5.82 Å². The number of aromatic nitrogens is 3. The van der Waals surface area contributed by atoms with Gasteiger partial charge in [0, 0.05) is 24.8 Å². The largest absolute Gasteiger partial charge is 0.397 e. The van der Waals surface area contributed by atoms with Gasteiger partial charge in [0.1, 0.15) is 10.5 Å². The van der Waals surface area contributed by atoms with E-state index in [2.05, 4.69) is 42.2 Å². The molecule has 0 atom stereocenters. The number of fused-ring (bicyclic) bond motifs is 1. The van der Waals surface area contributed by atoms with Gasteiger partial charge in [-0.25, -0.2) is 9.97 Å². The molecule has 3 heterocycles. The quantitative estimate of drug-likeness (QED) is 0.238. The van der Waals surface area contributed by atoms with Crippen LogP contribution < -0.4 is 5.73 Å². The van der Waals surface area contributed by atoms with Crippen molar-refractivity contribution in [2.24, 2.45) is 7.05 Å². The summed E-state index contributed by atoms with van der Waals surface area (Å²) < 4.78 is 3.16. The second kappa shape index (κ2) is 12.5. The minimum Gasteiger partial charge on any atom is -0.397 e. The summed E-state index contributed by atoms with van der Waals surface area (Å²) in [7, 11) is 1.99. The van der Waals surface area contributed by atoms with Crippen molar-refractivity contribution in [3.05, 3.63) is 48.8 Å². The Bertz CT molecular complexity index is 1070. The topological polar surface area (TPSA) is 56.7 Å². The lowest BCUT2D eigenvalue weighted by Crippen LogP contribution is -1.95. The summed E-state index contributed by atoms with van der Waals surface area (Å²) in [6.45, 7) is 10.2. The van der Waals surface area contributed by atoms with E-state index >= 15 is 0 Å². The summed E-state index contributed by atoms with van der Waals surface area (Å²) in [6, 6.07) is 12.5. The number of nitrogen functional groups attached to an aromatic ring is 1. The van der Waals surface area contributed by atoms with Gasteiger partial charge in [0.25, 0.3) is 0 Å². The first-order valence-electron chi connectivity index (χ1n) is 11.1. The molecule has 0 saturated heterocycles. The number of hydrogen-bond acceptors (Lipinski definition) is 5. The monoisotopic (exact) mass is 454 g/mol. The average Bonchev–Trinajstić information content (AvgIpc) is 3.39. The van der Waals surface area contributed by atoms with Crippen molar-refractivity contribution in [2.75, 3.05) is 11.5 Å². The van der Waals surface area contributed by atoms with Crippen LogP contribution in [0.1, 0.15) is 47.5 Å². The number of thiophene rings is 1. The molecule has 4 rings (SSSR count). The van der Waals surface area contributed by atoms with Gasteiger partial charge in [0.05, 0.1) is 9.90 Å². The van der Waals surface area contributed by atoms with Crippen molar-refractivity contribution in [3.63, 3.8) is 0 Å². The van der Waals surface area contributed by atoms with Crippen LogP contribution in [0.3, 0.4) is 0 Å². The molecule has 0 spiro atoms. The first-order valence-corrected chi connectivity index (χ1v) is 12.9. The Morgan fingerprint density at radius 2 is 1.81 bits per heavy atom. The van der Waals surface area contributed by atoms with Gasteiger partial charge < -0.3 is 10.3 Å². The van der Waals surface area contributed by atoms with Gasteiger partial charge in [-0.2, -0.15) is 0 Å². The number of benzene rings is 1. The van der Waals surface area contributed by atoms with Gasteiger partial charge in [-0.1, -0.05) is 71.4 Å². The van der Waals surface area contributed by atoms with E-state index in [1.165, 1.54) is 17.1 Å². The minimum atomic E-state index is 0.855. The highest BCUT2D eigenvalue weighted by molar-refractivity contribution is 8.01. The molecule has 6 heteroatoms. The number of hydrogen-bond donors (Lipinski definition) is 1. The number of rotatable bonds is 6. The molecule has 3 aromatic heterocycles. The predicted molar refractivity (Wildman–Crippen MR) is 140 cm³/mol. The molecule has 0 aliphatic carbocycles. The molecule has 1 aromatic carbocycles. The third-order valence-corrected chi connectivity index (χ3v) is 7.00. The summed E-state index contributed by atoms with van der Waals surface area (Å²) in [5.41, 5.74) is 10.6. The minimum absolute atomic E-state index is 0.855. The van der Waals surface area contributed by atoms with Gasteiger partial charge in [0.2, 0.25) is 0 Å². The van der Waals surface area contributed by atoms with Crippen molar-refractivity contribution < 1.29 is 0 Å². The number of imidazole rings is 1. The lowest BCUT2D eigenvalue weighted by atomic mass is 10.0. The maximum Gasteiger partial charge on any atom is 0.158 e. The van der Waals surface area contributed by atoms with Crippen LogP contribution in [-0.2, 0) is 7.05 Å². The number of anilines is 1. The summed E-state index contributed by atoms with van der Waals surface area (Å²) in [4.78, 5) is 10.4. The zero-order chi connectivity index (χ0) is 22.8. The molecule has 0 aliphatic rings. The molecule has 0 aliphatic heterocycles. The van der Waals surface area contributed by atoms with E-state index in [9.17, 15) is 0 Å². The highest BCUT2D eigenvalue weighted by Gasteiger charge is 2.19. The molecular weight excluding hydrogens is 420 g/mol. The molecule has 0 bridgehead atoms. The number of thioether (sulfide) groups is 1. The van der Waals surface area contributed by atoms with E-state index in [0.29, 0.717) is 0 Å². The fourth-order valence-corrected chi connectivity index (χ4v) is 5.54. The fourth-order valence-electron chi connectivity index (χ4n) is 3.09. The van der Waals surface area contributed by atoms with Crippen LogP contribution in [0.25, 0.3) is 32.9 Å². The zero-order valence-corrected chi connectivity index (χ0v) is 21.1. The van der Waals surface area contributed by atoms with E-state index in [0.717, 1.165) is 44.3 Å². The molecule has 0 radical (unpaired) electrons. The van der Waals surface area contributed by atoms with Crippen LogP contribution in [0.2, 0.25) is 0 Å². The number of pyridine rings is 1. The molecule has 0 fully saturated rings. The summed E-state index contributed by atoms with van der Waals surface area (Å²) >= 11 is 3.53. The van der Waals surface area contributed by atoms with E-state index < -0.39 is 0 Å². The first-order chi connectivity index (χ1) is 15.2. The second-order valence-electron chi connectivity index (χ2n) is 6.47. The Balaban J connectivity index is 0.000000807. The Labute approximate surface area is 194 Å². The smallest absolute Gasteiger partial charge is 0.158 e. The van der Waals surface area contributed by atoms with E-state index in [-0.39, 0.29) is 0 Å². The Hall–Kier alpha value is -2.31. The van der Waals surface area contributed by atoms with E-state index in [1.807, 2.05) is 63.3 Å². The van der Waals surface area contributed by atoms with Gasteiger partial charge in [-0.3, -0.25) is 0 Å². The SMILES string of the molecule is CC.CC.CCCCSc1sc2nc(-c3nccn3C)cc(-c3ccccc3)c2c1N. The van der Waals surface area contributed by atoms with Crippen molar-refractivity contribution in [1.29, 1.82) is 0 Å². The Morgan fingerprint density at radius 3 is 2.42 bits per heavy atom. The van der Waals surface area contributed by atoms with E-state index in [1.54, 1.807) is 17.5 Å². The van der Waals surface area contributed by atoms with Crippen molar-refractivity contribution in [3.8, 4) is 22.6 Å². The van der Waals surface area contributed by atoms with Gasteiger partial charge in [-0.15, -0.1) is 23.1 Å². The van der Waals surface area contributed by atoms with Crippen molar-refractivity contribution >= 4 is 39.0 Å². The van der Waals surface area contributed by atoms with Crippen molar-refractivity contribution in [1.82, 2.24) is 14.5 Å². The maximum atomic E-state index is 6.59. The average molecular weight is 455 g/mol. The first kappa shape index (κ1) is 25.0. The molecule has 166 valence electrons. The van der Waals surface area contributed by atoms with Gasteiger partial charge >= 0.3 is 0 Å². The Kier molecular flexibility index (Phi) is 10.1. The van der Waals surface area contributed by atoms with Crippen LogP contribution in [0.5, 0.6) is 0 Å². The van der Waals surface area contributed by atoms with Crippen LogP contribution >= 0.6 is 23.1 Å². The molecule has 2 N–H and O–H groups in total. The predicted octanol–water partition coefficient (Wildman–Crippen LogP) is 7.89. The summed E-state index contributed by atoms with van der Waals surface area (Å²) in [5.74, 6) is 1.95. The Morgan fingerprint density at radius 1 is 1.10 bits per heavy atom. The molecule has 31 heavy (non-hydrogen) atoms. The fraction of sp³-hybridized carbons (Fsp3) is 0.360. The molecule has 4 aromatic rings. The van der Waals surface area contributed by atoms with Crippen LogP contribution in [-0.4, -0.2) is 20.3 Å².